The van der Waals surface area contributed by atoms with Crippen molar-refractivity contribution in [2.24, 2.45) is 5.41 Å². The van der Waals surface area contributed by atoms with Gasteiger partial charge in [0.15, 0.2) is 0 Å². The number of hydrogen-bond acceptors (Lipinski definition) is 3. The number of pyridine rings is 2. The summed E-state index contributed by atoms with van der Waals surface area (Å²) in [5.74, 6) is -0.306. The summed E-state index contributed by atoms with van der Waals surface area (Å²) in [5.41, 5.74) is 7.93. The maximum Gasteiger partial charge on any atom is 0.126 e. The van der Waals surface area contributed by atoms with Crippen molar-refractivity contribution in [3.63, 3.8) is 0 Å². The summed E-state index contributed by atoms with van der Waals surface area (Å²) in [6.07, 6.45) is 5.02. The molecule has 0 fully saturated rings. The SMILES string of the molecule is CC(C)(C)Cc1cc(-c2[c-]cccc2)ncc1[Si](C)(C)C.CC(C)(C)c1ccnc(-c2[c-]ccc3c2oc2cc(F)ccc23)c1.[Ir]. The molecule has 0 aliphatic heterocycles. The molecule has 0 N–H and O–H groups in total. The molecule has 6 heteroatoms. The van der Waals surface area contributed by atoms with Gasteiger partial charge in [-0.05, 0) is 57.6 Å². The Hall–Kier alpha value is -3.44. The third-order valence-electron chi connectivity index (χ3n) is 7.78. The zero-order chi connectivity index (χ0) is 32.6. The molecule has 0 spiro atoms. The molecule has 0 unspecified atom stereocenters. The summed E-state index contributed by atoms with van der Waals surface area (Å²) in [6.45, 7) is 20.6. The van der Waals surface area contributed by atoms with Crippen molar-refractivity contribution in [2.45, 2.75) is 73.0 Å². The van der Waals surface area contributed by atoms with E-state index in [1.54, 1.807) is 6.07 Å². The van der Waals surface area contributed by atoms with Crippen LogP contribution in [0.2, 0.25) is 19.6 Å². The van der Waals surface area contributed by atoms with E-state index >= 15 is 0 Å². The van der Waals surface area contributed by atoms with Crippen molar-refractivity contribution in [1.29, 1.82) is 0 Å². The molecule has 0 amide bonds. The predicted octanol–water partition coefficient (Wildman–Crippen LogP) is 10.6. The van der Waals surface area contributed by atoms with Gasteiger partial charge in [-0.15, -0.1) is 54.1 Å². The van der Waals surface area contributed by atoms with Crippen LogP contribution in [0.4, 0.5) is 4.39 Å². The normalized spacial score (nSPS) is 12.0. The molecular weight excluding hydrogens is 764 g/mol. The number of rotatable bonds is 4. The molecular formula is C40H43FIrN2OSi-2. The maximum atomic E-state index is 13.5. The molecule has 3 aromatic carbocycles. The zero-order valence-corrected chi connectivity index (χ0v) is 31.7. The van der Waals surface area contributed by atoms with E-state index in [-0.39, 0.29) is 36.8 Å². The number of aromatic nitrogens is 2. The fourth-order valence-electron chi connectivity index (χ4n) is 5.53. The summed E-state index contributed by atoms with van der Waals surface area (Å²) < 4.78 is 19.4. The van der Waals surface area contributed by atoms with Gasteiger partial charge in [-0.2, -0.15) is 0 Å². The second kappa shape index (κ2) is 13.7. The van der Waals surface area contributed by atoms with Crippen molar-refractivity contribution in [2.75, 3.05) is 0 Å². The molecule has 0 saturated heterocycles. The molecule has 0 saturated carbocycles. The summed E-state index contributed by atoms with van der Waals surface area (Å²) in [5, 5.41) is 3.33. The molecule has 0 aliphatic carbocycles. The molecule has 6 rings (SSSR count). The van der Waals surface area contributed by atoms with Gasteiger partial charge in [0.1, 0.15) is 11.4 Å². The number of nitrogens with zero attached hydrogens (tertiary/aromatic N) is 2. The minimum atomic E-state index is -1.37. The molecule has 241 valence electrons. The van der Waals surface area contributed by atoms with E-state index in [1.165, 1.54) is 28.4 Å². The van der Waals surface area contributed by atoms with E-state index in [4.69, 9.17) is 9.40 Å². The summed E-state index contributed by atoms with van der Waals surface area (Å²) in [6, 6.07) is 29.4. The fraction of sp³-hybridized carbons (Fsp3) is 0.300. The number of benzene rings is 3. The van der Waals surface area contributed by atoms with E-state index in [1.807, 2.05) is 42.6 Å². The van der Waals surface area contributed by atoms with Crippen molar-refractivity contribution in [3.8, 4) is 22.5 Å². The number of fused-ring (bicyclic) bond motifs is 3. The first-order valence-corrected chi connectivity index (χ1v) is 19.1. The Kier molecular flexibility index (Phi) is 10.6. The number of hydrogen-bond donors (Lipinski definition) is 0. The minimum Gasteiger partial charge on any atom is -0.500 e. The molecule has 3 heterocycles. The fourth-order valence-corrected chi connectivity index (χ4v) is 7.11. The first-order valence-electron chi connectivity index (χ1n) is 15.6. The average Bonchev–Trinajstić information content (AvgIpc) is 3.34. The van der Waals surface area contributed by atoms with E-state index in [0.717, 1.165) is 39.7 Å². The van der Waals surface area contributed by atoms with Gasteiger partial charge in [0.25, 0.3) is 0 Å². The quantitative estimate of drug-likeness (QED) is 0.132. The van der Waals surface area contributed by atoms with Crippen LogP contribution >= 0.6 is 0 Å². The van der Waals surface area contributed by atoms with Crippen LogP contribution in [-0.4, -0.2) is 18.0 Å². The summed E-state index contributed by atoms with van der Waals surface area (Å²) in [4.78, 5) is 9.21. The van der Waals surface area contributed by atoms with Crippen LogP contribution in [-0.2, 0) is 31.9 Å². The third-order valence-corrected chi connectivity index (χ3v) is 9.85. The van der Waals surface area contributed by atoms with Gasteiger partial charge in [-0.25, -0.2) is 4.39 Å². The van der Waals surface area contributed by atoms with E-state index in [0.29, 0.717) is 11.2 Å². The van der Waals surface area contributed by atoms with Gasteiger partial charge in [-0.1, -0.05) is 89.8 Å². The minimum absolute atomic E-state index is 0. The van der Waals surface area contributed by atoms with Gasteiger partial charge >= 0.3 is 0 Å². The molecule has 3 aromatic heterocycles. The Morgan fingerprint density at radius 2 is 1.57 bits per heavy atom. The van der Waals surface area contributed by atoms with Crippen molar-refractivity contribution >= 4 is 35.2 Å². The van der Waals surface area contributed by atoms with Gasteiger partial charge in [-0.3, -0.25) is 0 Å². The Morgan fingerprint density at radius 1 is 0.804 bits per heavy atom. The van der Waals surface area contributed by atoms with Crippen molar-refractivity contribution in [1.82, 2.24) is 9.97 Å². The van der Waals surface area contributed by atoms with Gasteiger partial charge in [0.05, 0.1) is 13.7 Å². The largest absolute Gasteiger partial charge is 0.500 e. The average molecular weight is 807 g/mol. The molecule has 3 nitrogen and oxygen atoms in total. The molecule has 6 aromatic rings. The molecule has 0 bridgehead atoms. The maximum absolute atomic E-state index is 13.5. The van der Waals surface area contributed by atoms with Crippen molar-refractivity contribution < 1.29 is 28.9 Å². The molecule has 46 heavy (non-hydrogen) atoms. The van der Waals surface area contributed by atoms with Gasteiger partial charge < -0.3 is 14.4 Å². The second-order valence-corrected chi connectivity index (χ2v) is 20.0. The van der Waals surface area contributed by atoms with Crippen molar-refractivity contribution in [3.05, 3.63) is 114 Å². The van der Waals surface area contributed by atoms with Gasteiger partial charge in [0.2, 0.25) is 0 Å². The Labute approximate surface area is 288 Å². The number of furan rings is 1. The Bertz CT molecular complexity index is 1950. The summed E-state index contributed by atoms with van der Waals surface area (Å²) in [7, 11) is -1.37. The standard InChI is InChI=1S/C21H17FNO.C19H26NSi.Ir/c1-21(2,3)13-9-10-23-18(11-13)17-6-4-5-16-15-8-7-14(22)12-19(15)24-20(16)17;1-19(2,3)13-16-12-17(15-10-8-7-9-11-15)20-14-18(16)21(4,5)6;/h4-5,7-12H,1-3H3;7-10,12,14H,13H2,1-6H3;/q2*-1;. The third kappa shape index (κ3) is 8.28. The smallest absolute Gasteiger partial charge is 0.126 e. The van der Waals surface area contributed by atoms with E-state index < -0.39 is 8.07 Å². The monoisotopic (exact) mass is 807 g/mol. The molecule has 0 atom stereocenters. The first kappa shape index (κ1) is 35.4. The van der Waals surface area contributed by atoms with Crippen LogP contribution in [0.15, 0.2) is 89.6 Å². The second-order valence-electron chi connectivity index (χ2n) is 15.0. The van der Waals surface area contributed by atoms with E-state index in [2.05, 4.69) is 103 Å². The predicted molar refractivity (Wildman–Crippen MR) is 189 cm³/mol. The van der Waals surface area contributed by atoms with Crippen LogP contribution < -0.4 is 5.19 Å². The van der Waals surface area contributed by atoms with Gasteiger partial charge in [0, 0.05) is 44.0 Å². The van der Waals surface area contributed by atoms with Crippen LogP contribution in [0.25, 0.3) is 44.5 Å². The molecule has 1 radical (unpaired) electrons. The van der Waals surface area contributed by atoms with E-state index in [9.17, 15) is 4.39 Å². The summed E-state index contributed by atoms with van der Waals surface area (Å²) >= 11 is 0. The van der Waals surface area contributed by atoms with Crippen LogP contribution in [0.1, 0.15) is 52.7 Å². The van der Waals surface area contributed by atoms with Crippen LogP contribution in [0.3, 0.4) is 0 Å². The first-order chi connectivity index (χ1) is 21.1. The number of halogens is 1. The van der Waals surface area contributed by atoms with Crippen LogP contribution in [0.5, 0.6) is 0 Å². The van der Waals surface area contributed by atoms with Crippen LogP contribution in [0, 0.1) is 23.4 Å². The zero-order valence-electron chi connectivity index (χ0n) is 28.3. The Morgan fingerprint density at radius 3 is 2.22 bits per heavy atom. The Balaban J connectivity index is 0.000000207. The topological polar surface area (TPSA) is 38.9 Å². The molecule has 0 aliphatic rings.